The van der Waals surface area contributed by atoms with E-state index in [0.717, 1.165) is 49.9 Å². The third-order valence-electron chi connectivity index (χ3n) is 8.70. The quantitative estimate of drug-likeness (QED) is 0.243. The summed E-state index contributed by atoms with van der Waals surface area (Å²) < 4.78 is 58.1. The van der Waals surface area contributed by atoms with Crippen molar-refractivity contribution in [3.05, 3.63) is 48.0 Å². The molecule has 3 aliphatic rings. The van der Waals surface area contributed by atoms with Gasteiger partial charge in [0, 0.05) is 12.5 Å². The van der Waals surface area contributed by atoms with Crippen LogP contribution in [0.5, 0.6) is 0 Å². The van der Waals surface area contributed by atoms with Gasteiger partial charge in [0.05, 0.1) is 11.7 Å². The Balaban J connectivity index is 1.48. The van der Waals surface area contributed by atoms with Gasteiger partial charge in [-0.3, -0.25) is 14.2 Å². The number of nitrogens with zero attached hydrogens (tertiary/aromatic N) is 1. The van der Waals surface area contributed by atoms with Crippen molar-refractivity contribution in [1.29, 1.82) is 0 Å². The van der Waals surface area contributed by atoms with Crippen molar-refractivity contribution in [2.24, 2.45) is 11.3 Å². The van der Waals surface area contributed by atoms with Crippen LogP contribution in [0.15, 0.2) is 36.9 Å². The smallest absolute Gasteiger partial charge is 0.416 e. The molecule has 13 heteroatoms. The lowest BCUT2D eigenvalue weighted by atomic mass is 9.85. The summed E-state index contributed by atoms with van der Waals surface area (Å²) in [7, 11) is -4.21. The Kier molecular flexibility index (Phi) is 9.43. The molecule has 2 aliphatic carbocycles. The maximum Gasteiger partial charge on any atom is 0.416 e. The van der Waals surface area contributed by atoms with E-state index in [9.17, 15) is 37.0 Å². The fourth-order valence-corrected chi connectivity index (χ4v) is 8.48. The van der Waals surface area contributed by atoms with Crippen molar-refractivity contribution >= 4 is 25.3 Å². The third kappa shape index (κ3) is 7.28. The van der Waals surface area contributed by atoms with Crippen molar-refractivity contribution in [1.82, 2.24) is 15.5 Å². The number of alkyl carbamates (subject to hydrolysis) is 1. The van der Waals surface area contributed by atoms with Crippen molar-refractivity contribution in [3.8, 4) is 0 Å². The topological polar surface area (TPSA) is 125 Å². The maximum absolute atomic E-state index is 13.8. The molecular weight excluding hydrogens is 586 g/mol. The van der Waals surface area contributed by atoms with Gasteiger partial charge in [0.2, 0.25) is 19.2 Å². The van der Waals surface area contributed by atoms with Crippen LogP contribution in [0.25, 0.3) is 0 Å². The van der Waals surface area contributed by atoms with E-state index in [1.807, 2.05) is 0 Å². The number of hydrogen-bond acceptors (Lipinski definition) is 5. The minimum absolute atomic E-state index is 0.135. The van der Waals surface area contributed by atoms with Crippen LogP contribution in [-0.2, 0) is 31.2 Å². The van der Waals surface area contributed by atoms with Crippen molar-refractivity contribution in [2.45, 2.75) is 102 Å². The molecule has 3 fully saturated rings. The number of carbonyl (C=O) groups excluding carboxylic acids is 3. The normalized spacial score (nSPS) is 26.3. The summed E-state index contributed by atoms with van der Waals surface area (Å²) in [6.07, 6.45) is 0.102. The van der Waals surface area contributed by atoms with E-state index in [2.05, 4.69) is 17.2 Å². The second-order valence-corrected chi connectivity index (χ2v) is 15.5. The summed E-state index contributed by atoms with van der Waals surface area (Å²) in [4.78, 5) is 52.7. The van der Waals surface area contributed by atoms with Gasteiger partial charge in [-0.05, 0) is 68.1 Å². The molecule has 1 saturated heterocycles. The second kappa shape index (κ2) is 12.3. The number of nitrogens with one attached hydrogen (secondary N) is 2. The summed E-state index contributed by atoms with van der Waals surface area (Å²) in [5.74, 6) is -1.57. The third-order valence-corrected chi connectivity index (χ3v) is 11.4. The number of carbonyl (C=O) groups is 3. The first-order valence-electron chi connectivity index (χ1n) is 14.7. The van der Waals surface area contributed by atoms with Crippen LogP contribution in [0.2, 0.25) is 0 Å². The summed E-state index contributed by atoms with van der Waals surface area (Å²) >= 11 is 0. The van der Waals surface area contributed by atoms with E-state index in [0.29, 0.717) is 12.8 Å². The Morgan fingerprint density at radius 2 is 1.77 bits per heavy atom. The van der Waals surface area contributed by atoms with Crippen molar-refractivity contribution in [2.75, 3.05) is 6.54 Å². The van der Waals surface area contributed by atoms with Gasteiger partial charge in [-0.25, -0.2) is 4.79 Å². The average Bonchev–Trinajstić information content (AvgIpc) is 3.23. The lowest BCUT2D eigenvalue weighted by Gasteiger charge is -2.36. The second-order valence-electron chi connectivity index (χ2n) is 13.0. The van der Waals surface area contributed by atoms with Gasteiger partial charge in [-0.15, -0.1) is 6.58 Å². The van der Waals surface area contributed by atoms with Gasteiger partial charge in [0.15, 0.2) is 0 Å². The minimum atomic E-state index is -4.54. The van der Waals surface area contributed by atoms with Gasteiger partial charge in [-0.1, -0.05) is 39.0 Å². The first-order chi connectivity index (χ1) is 20.0. The molecule has 43 heavy (non-hydrogen) atoms. The predicted molar refractivity (Wildman–Crippen MR) is 154 cm³/mol. The van der Waals surface area contributed by atoms with E-state index >= 15 is 0 Å². The molecule has 0 bridgehead atoms. The van der Waals surface area contributed by atoms with Crippen LogP contribution in [0.1, 0.15) is 76.8 Å². The van der Waals surface area contributed by atoms with Gasteiger partial charge in [0.1, 0.15) is 23.5 Å². The van der Waals surface area contributed by atoms with Gasteiger partial charge in [-0.2, -0.15) is 13.2 Å². The number of alkyl halides is 3. The van der Waals surface area contributed by atoms with Gasteiger partial charge >= 0.3 is 12.3 Å². The summed E-state index contributed by atoms with van der Waals surface area (Å²) in [6, 6.07) is 2.10. The maximum atomic E-state index is 13.8. The molecule has 0 spiro atoms. The highest BCUT2D eigenvalue weighted by atomic mass is 31.2. The van der Waals surface area contributed by atoms with E-state index < -0.39 is 71.9 Å². The van der Waals surface area contributed by atoms with Crippen LogP contribution >= 0.6 is 7.37 Å². The Bertz CT molecular complexity index is 1280. The van der Waals surface area contributed by atoms with Crippen molar-refractivity contribution in [3.63, 3.8) is 0 Å². The highest BCUT2D eigenvalue weighted by Crippen LogP contribution is 2.70. The molecule has 4 rings (SSSR count). The molecule has 5 atom stereocenters. The Labute approximate surface area is 250 Å². The monoisotopic (exact) mass is 627 g/mol. The standard InChI is InChI=1S/C30H41F3N3O6P/c1-5-20-17-29(20,43(40,41)18-19-12-14-21(15-13-19)30(31,32)33)35-25(37)23-11-8-16-36(23)26(38)24(28(2,3)4)34-27(39)42-22-9-6-7-10-22/h5,12-15,20,22-24H,1,6-11,16-18H2,2-4H3,(H,34,39)(H,35,37)(H,40,41)/t20-,23+,24-,29+/m1/s1. The highest BCUT2D eigenvalue weighted by Gasteiger charge is 2.65. The largest absolute Gasteiger partial charge is 0.446 e. The Morgan fingerprint density at radius 3 is 2.30 bits per heavy atom. The molecule has 1 aromatic carbocycles. The molecule has 1 heterocycles. The molecule has 3 amide bonds. The molecule has 3 N–H and O–H groups in total. The minimum Gasteiger partial charge on any atom is -0.446 e. The average molecular weight is 628 g/mol. The SMILES string of the molecule is C=C[C@@H]1C[C@]1(NC(=O)[C@@H]1CCCN1C(=O)[C@@H](NC(=O)OC1CCCC1)C(C)(C)C)P(=O)(O)Cc1ccc(C(F)(F)F)cc1. The zero-order chi connectivity index (χ0) is 31.8. The fourth-order valence-electron chi connectivity index (χ4n) is 6.10. The number of amides is 3. The number of ether oxygens (including phenoxy) is 1. The zero-order valence-electron chi connectivity index (χ0n) is 24.8. The van der Waals surface area contributed by atoms with Crippen LogP contribution in [-0.4, -0.2) is 57.7 Å². The van der Waals surface area contributed by atoms with E-state index in [4.69, 9.17) is 4.74 Å². The molecule has 2 saturated carbocycles. The van der Waals surface area contributed by atoms with Crippen LogP contribution in [0.3, 0.4) is 0 Å². The summed E-state index contributed by atoms with van der Waals surface area (Å²) in [5.41, 5.74) is -1.35. The van der Waals surface area contributed by atoms with E-state index in [1.54, 1.807) is 20.8 Å². The van der Waals surface area contributed by atoms with Crippen molar-refractivity contribution < 1.29 is 41.8 Å². The van der Waals surface area contributed by atoms with Gasteiger partial charge < -0.3 is 25.2 Å². The fraction of sp³-hybridized carbons (Fsp3) is 0.633. The Hall–Kier alpha value is -2.85. The van der Waals surface area contributed by atoms with Crippen LogP contribution in [0.4, 0.5) is 18.0 Å². The highest BCUT2D eigenvalue weighted by molar-refractivity contribution is 7.59. The predicted octanol–water partition coefficient (Wildman–Crippen LogP) is 5.57. The summed E-state index contributed by atoms with van der Waals surface area (Å²) in [6.45, 7) is 9.38. The molecule has 9 nitrogen and oxygen atoms in total. The molecule has 1 aromatic rings. The molecule has 1 unspecified atom stereocenters. The number of benzene rings is 1. The molecule has 0 radical (unpaired) electrons. The first-order valence-corrected chi connectivity index (χ1v) is 16.5. The Morgan fingerprint density at radius 1 is 1.14 bits per heavy atom. The molecular formula is C30H41F3N3O6P. The summed E-state index contributed by atoms with van der Waals surface area (Å²) in [5, 5.41) is 3.92. The molecule has 0 aromatic heterocycles. The van der Waals surface area contributed by atoms with Crippen LogP contribution in [0, 0.1) is 11.3 Å². The van der Waals surface area contributed by atoms with E-state index in [-0.39, 0.29) is 24.6 Å². The molecule has 238 valence electrons. The number of hydrogen-bond donors (Lipinski definition) is 3. The number of rotatable bonds is 9. The lowest BCUT2D eigenvalue weighted by molar-refractivity contribution is -0.142. The lowest BCUT2D eigenvalue weighted by Crippen LogP contribution is -2.58. The number of likely N-dealkylation sites (tertiary alicyclic amines) is 1. The zero-order valence-corrected chi connectivity index (χ0v) is 25.7. The first kappa shape index (κ1) is 33.1. The van der Waals surface area contributed by atoms with Crippen LogP contribution < -0.4 is 10.6 Å². The van der Waals surface area contributed by atoms with E-state index in [1.165, 1.54) is 11.0 Å². The number of halogens is 3. The molecule has 1 aliphatic heterocycles. The van der Waals surface area contributed by atoms with Gasteiger partial charge in [0.25, 0.3) is 0 Å².